The zero-order valence-corrected chi connectivity index (χ0v) is 16.6. The molecule has 5 rings (SSSR count). The Balaban J connectivity index is 1.58. The molecule has 2 aliphatic rings. The van der Waals surface area contributed by atoms with Gasteiger partial charge in [-0.2, -0.15) is 10.1 Å². The minimum atomic E-state index is 0.281. The average Bonchev–Trinajstić information content (AvgIpc) is 3.16. The van der Waals surface area contributed by atoms with E-state index in [1.807, 2.05) is 6.92 Å². The fourth-order valence-corrected chi connectivity index (χ4v) is 4.15. The molecule has 148 valence electrons. The highest BCUT2D eigenvalue weighted by atomic mass is 35.5. The Kier molecular flexibility index (Phi) is 4.36. The fourth-order valence-electron chi connectivity index (χ4n) is 3.93. The van der Waals surface area contributed by atoms with Crippen LogP contribution in [0.2, 0.25) is 5.15 Å². The number of nitrogens with zero attached hydrogens (tertiary/aromatic N) is 6. The largest absolute Gasteiger partial charge is 0.475 e. The highest BCUT2D eigenvalue weighted by molar-refractivity contribution is 6.34. The van der Waals surface area contributed by atoms with E-state index in [1.165, 1.54) is 0 Å². The van der Waals surface area contributed by atoms with E-state index in [0.717, 1.165) is 42.8 Å². The lowest BCUT2D eigenvalue weighted by Crippen LogP contribution is -2.29. The fraction of sp³-hybridized carbons (Fsp3) is 0.556. The van der Waals surface area contributed by atoms with Gasteiger partial charge in [-0.1, -0.05) is 18.5 Å². The summed E-state index contributed by atoms with van der Waals surface area (Å²) in [6.07, 6.45) is 3.41. The van der Waals surface area contributed by atoms with Gasteiger partial charge in [-0.15, -0.1) is 5.10 Å². The maximum Gasteiger partial charge on any atom is 0.257 e. The van der Waals surface area contributed by atoms with Gasteiger partial charge in [0, 0.05) is 31.7 Å². The molecule has 0 spiro atoms. The predicted octanol–water partition coefficient (Wildman–Crippen LogP) is 3.11. The first kappa shape index (κ1) is 17.7. The lowest BCUT2D eigenvalue weighted by Gasteiger charge is -2.29. The number of hydrogen-bond acceptors (Lipinski definition) is 7. The zero-order chi connectivity index (χ0) is 19.3. The molecule has 1 N–H and O–H groups in total. The standard InChI is InChI=1S/C18H22ClN7O2/c1-10-9-27-7-4-13(10)26-11(2)14-17(24-26)28-6-3-5-25-16-12(15(19)23-25)8-20-18(21-14)22-16/h8,10,13H,3-7,9H2,1-2H3,(H,20,21,22)/t10-,13+/m0/s1. The number of hydrogen-bond donors (Lipinski definition) is 1. The number of rotatable bonds is 1. The molecule has 0 aliphatic carbocycles. The van der Waals surface area contributed by atoms with E-state index in [1.54, 1.807) is 10.9 Å². The molecule has 10 heteroatoms. The quantitative estimate of drug-likeness (QED) is 0.667. The minimum absolute atomic E-state index is 0.281. The normalized spacial score (nSPS) is 22.4. The van der Waals surface area contributed by atoms with Gasteiger partial charge in [0.2, 0.25) is 5.95 Å². The maximum absolute atomic E-state index is 6.22. The summed E-state index contributed by atoms with van der Waals surface area (Å²) < 4.78 is 15.5. The van der Waals surface area contributed by atoms with Crippen molar-refractivity contribution >= 4 is 34.3 Å². The summed E-state index contributed by atoms with van der Waals surface area (Å²) in [6, 6.07) is 0.281. The summed E-state index contributed by atoms with van der Waals surface area (Å²) in [6.45, 7) is 6.91. The molecular formula is C18H22ClN7O2. The second-order valence-electron chi connectivity index (χ2n) is 7.39. The number of aromatic nitrogens is 6. The summed E-state index contributed by atoms with van der Waals surface area (Å²) in [7, 11) is 0. The first-order valence-electron chi connectivity index (χ1n) is 9.57. The highest BCUT2D eigenvalue weighted by Gasteiger charge is 2.29. The summed E-state index contributed by atoms with van der Waals surface area (Å²) in [5, 5.41) is 13.6. The second-order valence-corrected chi connectivity index (χ2v) is 7.75. The Morgan fingerprint density at radius 3 is 3.04 bits per heavy atom. The van der Waals surface area contributed by atoms with Gasteiger partial charge < -0.3 is 14.8 Å². The highest BCUT2D eigenvalue weighted by Crippen LogP contribution is 2.36. The number of nitrogens with one attached hydrogen (secondary N) is 1. The molecule has 3 aromatic rings. The summed E-state index contributed by atoms with van der Waals surface area (Å²) in [5.74, 6) is 1.44. The van der Waals surface area contributed by atoms with Crippen LogP contribution in [0, 0.1) is 12.8 Å². The molecule has 28 heavy (non-hydrogen) atoms. The topological polar surface area (TPSA) is 91.9 Å². The van der Waals surface area contributed by atoms with Crippen molar-refractivity contribution in [2.24, 2.45) is 5.92 Å². The molecule has 2 bridgehead atoms. The number of anilines is 2. The van der Waals surface area contributed by atoms with Gasteiger partial charge in [-0.25, -0.2) is 9.67 Å². The Hall–Kier alpha value is -2.39. The smallest absolute Gasteiger partial charge is 0.257 e. The molecular weight excluding hydrogens is 382 g/mol. The lowest BCUT2D eigenvalue weighted by molar-refractivity contribution is 0.0240. The van der Waals surface area contributed by atoms with Crippen LogP contribution in [-0.4, -0.2) is 49.3 Å². The van der Waals surface area contributed by atoms with Gasteiger partial charge in [0.05, 0.1) is 30.3 Å². The van der Waals surface area contributed by atoms with Crippen molar-refractivity contribution < 1.29 is 9.47 Å². The molecule has 3 aromatic heterocycles. The molecule has 1 fully saturated rings. The molecule has 0 aromatic carbocycles. The van der Waals surface area contributed by atoms with E-state index in [0.29, 0.717) is 41.7 Å². The van der Waals surface area contributed by atoms with Crippen molar-refractivity contribution in [3.63, 3.8) is 0 Å². The molecule has 5 heterocycles. The van der Waals surface area contributed by atoms with Crippen molar-refractivity contribution in [3.05, 3.63) is 17.0 Å². The molecule has 0 saturated carbocycles. The molecule has 9 nitrogen and oxygen atoms in total. The van der Waals surface area contributed by atoms with Crippen LogP contribution in [0.5, 0.6) is 5.88 Å². The molecule has 0 radical (unpaired) electrons. The van der Waals surface area contributed by atoms with Gasteiger partial charge in [-0.3, -0.25) is 4.68 Å². The van der Waals surface area contributed by atoms with Crippen LogP contribution in [0.4, 0.5) is 11.6 Å². The van der Waals surface area contributed by atoms with Gasteiger partial charge in [0.15, 0.2) is 10.8 Å². The third-order valence-corrected chi connectivity index (χ3v) is 5.74. The van der Waals surface area contributed by atoms with Crippen LogP contribution >= 0.6 is 11.6 Å². The molecule has 1 saturated heterocycles. The first-order valence-corrected chi connectivity index (χ1v) is 9.95. The number of halogens is 1. The second kappa shape index (κ2) is 6.89. The molecule has 0 unspecified atom stereocenters. The van der Waals surface area contributed by atoms with Crippen molar-refractivity contribution in [1.82, 2.24) is 29.5 Å². The van der Waals surface area contributed by atoms with E-state index in [2.05, 4.69) is 32.0 Å². The summed E-state index contributed by atoms with van der Waals surface area (Å²) in [4.78, 5) is 9.05. The minimum Gasteiger partial charge on any atom is -0.475 e. The van der Waals surface area contributed by atoms with Crippen LogP contribution in [0.1, 0.15) is 31.5 Å². The Labute approximate surface area is 167 Å². The van der Waals surface area contributed by atoms with E-state index in [-0.39, 0.29) is 6.04 Å². The van der Waals surface area contributed by atoms with Gasteiger partial charge >= 0.3 is 0 Å². The van der Waals surface area contributed by atoms with Gasteiger partial charge in [0.1, 0.15) is 5.69 Å². The SMILES string of the molecule is Cc1c2c(nn1[C@@H]1CCOC[C@@H]1C)OCCCn1nc(Cl)c3cnc(nc31)N2. The van der Waals surface area contributed by atoms with Crippen LogP contribution in [-0.2, 0) is 11.3 Å². The van der Waals surface area contributed by atoms with Crippen molar-refractivity contribution in [1.29, 1.82) is 0 Å². The van der Waals surface area contributed by atoms with Crippen molar-refractivity contribution in [2.75, 3.05) is 25.1 Å². The Morgan fingerprint density at radius 2 is 2.18 bits per heavy atom. The molecule has 0 amide bonds. The Morgan fingerprint density at radius 1 is 1.29 bits per heavy atom. The lowest BCUT2D eigenvalue weighted by atomic mass is 9.98. The van der Waals surface area contributed by atoms with E-state index < -0.39 is 0 Å². The van der Waals surface area contributed by atoms with E-state index in [9.17, 15) is 0 Å². The third-order valence-electron chi connectivity index (χ3n) is 5.46. The number of fused-ring (bicyclic) bond motifs is 2. The average molecular weight is 404 g/mol. The van der Waals surface area contributed by atoms with Crippen molar-refractivity contribution in [3.8, 4) is 5.88 Å². The van der Waals surface area contributed by atoms with Crippen molar-refractivity contribution in [2.45, 2.75) is 39.3 Å². The Bertz CT molecular complexity index is 1030. The van der Waals surface area contributed by atoms with Gasteiger partial charge in [-0.05, 0) is 13.3 Å². The number of ether oxygens (including phenoxy) is 2. The monoisotopic (exact) mass is 403 g/mol. The van der Waals surface area contributed by atoms with Crippen LogP contribution in [0.25, 0.3) is 11.0 Å². The summed E-state index contributed by atoms with van der Waals surface area (Å²) in [5.41, 5.74) is 2.52. The molecule has 2 aliphatic heterocycles. The van der Waals surface area contributed by atoms with E-state index >= 15 is 0 Å². The van der Waals surface area contributed by atoms with Crippen LogP contribution < -0.4 is 10.1 Å². The zero-order valence-electron chi connectivity index (χ0n) is 15.9. The number of aryl methyl sites for hydroxylation is 1. The third kappa shape index (κ3) is 2.89. The predicted molar refractivity (Wildman–Crippen MR) is 104 cm³/mol. The van der Waals surface area contributed by atoms with Crippen LogP contribution in [0.3, 0.4) is 0 Å². The molecule has 2 atom stereocenters. The first-order chi connectivity index (χ1) is 13.6. The van der Waals surface area contributed by atoms with Gasteiger partial charge in [0.25, 0.3) is 5.88 Å². The van der Waals surface area contributed by atoms with Crippen LogP contribution in [0.15, 0.2) is 6.20 Å². The van der Waals surface area contributed by atoms with E-state index in [4.69, 9.17) is 26.2 Å². The maximum atomic E-state index is 6.22. The summed E-state index contributed by atoms with van der Waals surface area (Å²) >= 11 is 6.22.